The maximum absolute atomic E-state index is 12.2. The number of ether oxygens (including phenoxy) is 4. The smallest absolute Gasteiger partial charge is 0.394 e. The lowest BCUT2D eigenvalue weighted by Crippen LogP contribution is -2.38. The molecule has 2 rings (SSSR count). The first-order valence-electron chi connectivity index (χ1n) is 9.35. The van der Waals surface area contributed by atoms with Crippen molar-refractivity contribution in [3.8, 4) is 0 Å². The fourth-order valence-electron chi connectivity index (χ4n) is 2.71. The van der Waals surface area contributed by atoms with Crippen LogP contribution in [0.5, 0.6) is 0 Å². The number of nitrogens with zero attached hydrogens (tertiary/aromatic N) is 1. The Morgan fingerprint density at radius 3 is 2.42 bits per heavy atom. The van der Waals surface area contributed by atoms with Gasteiger partial charge < -0.3 is 34.1 Å². The topological polar surface area (TPSA) is 188 Å². The lowest BCUT2D eigenvalue weighted by molar-refractivity contribution is -0.0551. The number of rotatable bonds is 14. The molecule has 0 aliphatic carbocycles. The van der Waals surface area contributed by atoms with E-state index in [0.29, 0.717) is 19.8 Å². The zero-order valence-electron chi connectivity index (χ0n) is 16.8. The molecule has 1 aromatic rings. The van der Waals surface area contributed by atoms with E-state index < -0.39 is 50.2 Å². The number of hydrogen-bond acceptors (Lipinski definition) is 11. The lowest BCUT2D eigenvalue weighted by Gasteiger charge is -2.22. The van der Waals surface area contributed by atoms with E-state index in [4.69, 9.17) is 28.0 Å². The average molecular weight is 470 g/mol. The highest BCUT2D eigenvalue weighted by Gasteiger charge is 2.48. The van der Waals surface area contributed by atoms with Crippen LogP contribution in [0, 0.1) is 0 Å². The van der Waals surface area contributed by atoms with Crippen LogP contribution in [0.15, 0.2) is 21.9 Å². The standard InChI is InChI=1S/C16H27N2O12P/c1-25-4-5-26-6-7-27-8-9-28-31(23,24)30-14-11(10-19)29-15(13(14)21)18-3-2-12(20)17-16(18)22/h2-3,11,13-15,19,21H,4-10H2,1H3,(H,23,24)(H,17,20,22)/t11-,13?,14?,15-/m1/s1. The van der Waals surface area contributed by atoms with E-state index in [0.717, 1.165) is 16.8 Å². The molecular weight excluding hydrogens is 443 g/mol. The monoisotopic (exact) mass is 470 g/mol. The summed E-state index contributed by atoms with van der Waals surface area (Å²) >= 11 is 0. The third-order valence-electron chi connectivity index (χ3n) is 4.16. The molecule has 1 aliphatic heterocycles. The SMILES string of the molecule is COCCOCCOCCOP(=O)(O)OC1C(O)[C@H](n2ccc(=O)[nH]c2=O)O[C@@H]1CO. The van der Waals surface area contributed by atoms with E-state index in [2.05, 4.69) is 0 Å². The van der Waals surface area contributed by atoms with Gasteiger partial charge >= 0.3 is 13.5 Å². The van der Waals surface area contributed by atoms with E-state index in [1.165, 1.54) is 0 Å². The zero-order chi connectivity index (χ0) is 22.9. The second-order valence-electron chi connectivity index (χ2n) is 6.35. The molecule has 31 heavy (non-hydrogen) atoms. The molecule has 1 saturated heterocycles. The van der Waals surface area contributed by atoms with Gasteiger partial charge in [0, 0.05) is 19.4 Å². The molecule has 1 aromatic heterocycles. The number of methoxy groups -OCH3 is 1. The Kier molecular flexibility index (Phi) is 10.4. The quantitative estimate of drug-likeness (QED) is 0.173. The van der Waals surface area contributed by atoms with Crippen LogP contribution >= 0.6 is 7.82 Å². The van der Waals surface area contributed by atoms with Gasteiger partial charge in [-0.3, -0.25) is 23.4 Å². The number of aliphatic hydroxyl groups is 2. The number of phosphoric ester groups is 1. The van der Waals surface area contributed by atoms with Gasteiger partial charge in [-0.15, -0.1) is 0 Å². The Balaban J connectivity index is 1.84. The van der Waals surface area contributed by atoms with Crippen LogP contribution in [0.4, 0.5) is 0 Å². The van der Waals surface area contributed by atoms with Crippen molar-refractivity contribution < 1.29 is 47.7 Å². The predicted molar refractivity (Wildman–Crippen MR) is 102 cm³/mol. The first-order chi connectivity index (χ1) is 14.8. The van der Waals surface area contributed by atoms with Gasteiger partial charge in [0.25, 0.3) is 5.56 Å². The number of aliphatic hydroxyl groups excluding tert-OH is 2. The minimum absolute atomic E-state index is 0.0237. The van der Waals surface area contributed by atoms with Gasteiger partial charge in [-0.1, -0.05) is 0 Å². The molecule has 0 amide bonds. The number of aromatic amines is 1. The summed E-state index contributed by atoms with van der Waals surface area (Å²) in [6.07, 6.45) is -4.63. The summed E-state index contributed by atoms with van der Waals surface area (Å²) in [5, 5.41) is 19.9. The Bertz CT molecular complexity index is 829. The largest absolute Gasteiger partial charge is 0.472 e. The number of H-pyrrole nitrogens is 1. The van der Waals surface area contributed by atoms with Crippen LogP contribution in [0.25, 0.3) is 0 Å². The van der Waals surface area contributed by atoms with Gasteiger partial charge in [0.05, 0.1) is 46.2 Å². The van der Waals surface area contributed by atoms with E-state index >= 15 is 0 Å². The van der Waals surface area contributed by atoms with Crippen molar-refractivity contribution in [1.29, 1.82) is 0 Å². The molecular formula is C16H27N2O12P. The van der Waals surface area contributed by atoms with E-state index in [9.17, 15) is 29.3 Å². The van der Waals surface area contributed by atoms with Gasteiger partial charge in [-0.25, -0.2) is 9.36 Å². The fraction of sp³-hybridized carbons (Fsp3) is 0.750. The first-order valence-corrected chi connectivity index (χ1v) is 10.8. The van der Waals surface area contributed by atoms with Gasteiger partial charge in [0.2, 0.25) is 0 Å². The predicted octanol–water partition coefficient (Wildman–Crippen LogP) is -2.03. The highest BCUT2D eigenvalue weighted by molar-refractivity contribution is 7.47. The van der Waals surface area contributed by atoms with Crippen LogP contribution in [0.2, 0.25) is 0 Å². The highest BCUT2D eigenvalue weighted by atomic mass is 31.2. The molecule has 15 heteroatoms. The Morgan fingerprint density at radius 1 is 1.16 bits per heavy atom. The number of hydrogen-bond donors (Lipinski definition) is 4. The van der Waals surface area contributed by atoms with Crippen molar-refractivity contribution in [2.75, 3.05) is 53.4 Å². The molecule has 0 radical (unpaired) electrons. The summed E-state index contributed by atoms with van der Waals surface area (Å²) in [4.78, 5) is 35.0. The summed E-state index contributed by atoms with van der Waals surface area (Å²) in [6, 6.07) is 1.03. The molecule has 0 aromatic carbocycles. The molecule has 5 atom stereocenters. The Morgan fingerprint density at radius 2 is 1.81 bits per heavy atom. The van der Waals surface area contributed by atoms with E-state index in [1.54, 1.807) is 7.11 Å². The Labute approximate surface area is 176 Å². The second kappa shape index (κ2) is 12.6. The van der Waals surface area contributed by atoms with Crippen molar-refractivity contribution >= 4 is 7.82 Å². The van der Waals surface area contributed by atoms with Crippen LogP contribution in [0.3, 0.4) is 0 Å². The van der Waals surface area contributed by atoms with Crippen molar-refractivity contribution in [3.63, 3.8) is 0 Å². The van der Waals surface area contributed by atoms with Crippen LogP contribution < -0.4 is 11.2 Å². The normalized spacial score (nSPS) is 25.5. The van der Waals surface area contributed by atoms with Gasteiger partial charge in [0.15, 0.2) is 6.23 Å². The summed E-state index contributed by atoms with van der Waals surface area (Å²) in [5.74, 6) is 0. The van der Waals surface area contributed by atoms with Crippen molar-refractivity contribution in [2.24, 2.45) is 0 Å². The minimum Gasteiger partial charge on any atom is -0.394 e. The summed E-state index contributed by atoms with van der Waals surface area (Å²) in [7, 11) is -3.11. The molecule has 1 fully saturated rings. The molecule has 3 unspecified atom stereocenters. The number of phosphoric acid groups is 1. The second-order valence-corrected chi connectivity index (χ2v) is 7.75. The Hall–Kier alpha value is -1.45. The number of nitrogens with one attached hydrogen (secondary N) is 1. The maximum atomic E-state index is 12.2. The molecule has 2 heterocycles. The highest BCUT2D eigenvalue weighted by Crippen LogP contribution is 2.48. The summed E-state index contributed by atoms with van der Waals surface area (Å²) in [6.45, 7) is 0.430. The molecule has 14 nitrogen and oxygen atoms in total. The zero-order valence-corrected chi connectivity index (χ0v) is 17.7. The van der Waals surface area contributed by atoms with E-state index in [-0.39, 0.29) is 19.8 Å². The van der Waals surface area contributed by atoms with Gasteiger partial charge in [0.1, 0.15) is 18.3 Å². The van der Waals surface area contributed by atoms with Crippen molar-refractivity contribution in [2.45, 2.75) is 24.5 Å². The van der Waals surface area contributed by atoms with Gasteiger partial charge in [-0.2, -0.15) is 0 Å². The number of aromatic nitrogens is 2. The molecule has 4 N–H and O–H groups in total. The lowest BCUT2D eigenvalue weighted by atomic mass is 10.1. The van der Waals surface area contributed by atoms with Gasteiger partial charge in [-0.05, 0) is 0 Å². The molecule has 178 valence electrons. The van der Waals surface area contributed by atoms with Crippen LogP contribution in [-0.4, -0.2) is 96.3 Å². The fourth-order valence-corrected chi connectivity index (χ4v) is 3.65. The minimum atomic E-state index is -4.66. The van der Waals surface area contributed by atoms with Crippen molar-refractivity contribution in [1.82, 2.24) is 9.55 Å². The molecule has 1 aliphatic rings. The van der Waals surface area contributed by atoms with Crippen molar-refractivity contribution in [3.05, 3.63) is 33.1 Å². The maximum Gasteiger partial charge on any atom is 0.472 e. The van der Waals surface area contributed by atoms with Crippen LogP contribution in [0.1, 0.15) is 6.23 Å². The van der Waals surface area contributed by atoms with Crippen LogP contribution in [-0.2, 0) is 32.6 Å². The molecule has 0 bridgehead atoms. The van der Waals surface area contributed by atoms with E-state index in [1.807, 2.05) is 4.98 Å². The summed E-state index contributed by atoms with van der Waals surface area (Å²) < 4.78 is 43.4. The average Bonchev–Trinajstić information content (AvgIpc) is 3.01. The third-order valence-corrected chi connectivity index (χ3v) is 5.17. The summed E-state index contributed by atoms with van der Waals surface area (Å²) in [5.41, 5.74) is -1.53. The first kappa shape index (κ1) is 25.8. The third kappa shape index (κ3) is 7.88. The molecule has 0 spiro atoms. The molecule has 0 saturated carbocycles.